The van der Waals surface area contributed by atoms with E-state index >= 15 is 0 Å². The minimum atomic E-state index is -1.64. The lowest BCUT2D eigenvalue weighted by atomic mass is 9.77. The number of hydroxylamine groups is 2. The monoisotopic (exact) mass is 322 g/mol. The number of methoxy groups -OCH3 is 1. The molecule has 1 heterocycles. The molecule has 2 fully saturated rings. The van der Waals surface area contributed by atoms with Gasteiger partial charge in [-0.25, -0.2) is 4.89 Å². The second kappa shape index (κ2) is 7.15. The molecule has 2 rings (SSSR count). The summed E-state index contributed by atoms with van der Waals surface area (Å²) in [4.78, 5) is 18.3. The highest BCUT2D eigenvalue weighted by atomic mass is 17.1. The van der Waals surface area contributed by atoms with Gasteiger partial charge in [0.2, 0.25) is 5.91 Å². The Bertz CT molecular complexity index is 371. The average Bonchev–Trinajstić information content (AvgIpc) is 2.52. The van der Waals surface area contributed by atoms with Crippen LogP contribution in [0.1, 0.15) is 0 Å². The van der Waals surface area contributed by atoms with Gasteiger partial charge in [0.1, 0.15) is 24.4 Å². The van der Waals surface area contributed by atoms with Gasteiger partial charge in [0.15, 0.2) is 0 Å². The fourth-order valence-corrected chi connectivity index (χ4v) is 3.02. The molecule has 0 aromatic rings. The summed E-state index contributed by atoms with van der Waals surface area (Å²) in [6.07, 6.45) is -7.32. The molecule has 0 aromatic carbocycles. The first-order chi connectivity index (χ1) is 10.4. The Kier molecular flexibility index (Phi) is 5.69. The maximum atomic E-state index is 12.6. The number of ether oxygens (including phenoxy) is 1. The lowest BCUT2D eigenvalue weighted by Gasteiger charge is -2.45. The molecule has 6 unspecified atom stereocenters. The molecule has 1 aliphatic carbocycles. The minimum absolute atomic E-state index is 0.245. The highest BCUT2D eigenvalue weighted by Gasteiger charge is 2.54. The number of carbonyl (C=O) groups excluding carboxylic acids is 1. The average molecular weight is 322 g/mol. The first kappa shape index (κ1) is 17.5. The normalized spacial score (nSPS) is 40.7. The topological polar surface area (TPSA) is 143 Å². The second-order valence-corrected chi connectivity index (χ2v) is 5.55. The van der Waals surface area contributed by atoms with Crippen molar-refractivity contribution in [3.05, 3.63) is 0 Å². The molecule has 5 N–H and O–H groups in total. The van der Waals surface area contributed by atoms with E-state index in [4.69, 9.17) is 9.99 Å². The number of aliphatic hydroxyl groups excluding tert-OH is 3. The molecule has 10 heteroatoms. The molecule has 22 heavy (non-hydrogen) atoms. The summed E-state index contributed by atoms with van der Waals surface area (Å²) < 4.78 is 5.08. The third-order valence-corrected chi connectivity index (χ3v) is 4.33. The van der Waals surface area contributed by atoms with Crippen molar-refractivity contribution in [3.63, 3.8) is 0 Å². The van der Waals surface area contributed by atoms with Gasteiger partial charge in [0.25, 0.3) is 0 Å². The van der Waals surface area contributed by atoms with E-state index in [1.807, 2.05) is 0 Å². The fourth-order valence-electron chi connectivity index (χ4n) is 3.02. The van der Waals surface area contributed by atoms with Crippen LogP contribution in [0.25, 0.3) is 0 Å². The lowest BCUT2D eigenvalue weighted by molar-refractivity contribution is -0.338. The Morgan fingerprint density at radius 3 is 2.05 bits per heavy atom. The van der Waals surface area contributed by atoms with E-state index in [1.165, 1.54) is 12.0 Å². The quantitative estimate of drug-likeness (QED) is 0.273. The number of hydrogen-bond donors (Lipinski definition) is 5. The van der Waals surface area contributed by atoms with Crippen molar-refractivity contribution in [2.75, 3.05) is 33.3 Å². The lowest BCUT2D eigenvalue weighted by Crippen LogP contribution is -2.66. The molecule has 0 spiro atoms. The van der Waals surface area contributed by atoms with Crippen molar-refractivity contribution in [3.8, 4) is 0 Å². The molecule has 2 aliphatic rings. The van der Waals surface area contributed by atoms with Crippen molar-refractivity contribution in [2.45, 2.75) is 30.5 Å². The number of hydrogen-bond acceptors (Lipinski definition) is 9. The number of nitrogens with zero attached hydrogens (tertiary/aromatic N) is 2. The van der Waals surface area contributed by atoms with Crippen LogP contribution in [0.3, 0.4) is 0 Å². The maximum Gasteiger partial charge on any atom is 0.231 e. The van der Waals surface area contributed by atoms with Crippen LogP contribution in [0, 0.1) is 5.92 Å². The van der Waals surface area contributed by atoms with Crippen LogP contribution in [0.5, 0.6) is 0 Å². The zero-order chi connectivity index (χ0) is 16.4. The van der Waals surface area contributed by atoms with E-state index in [0.29, 0.717) is 0 Å². The van der Waals surface area contributed by atoms with Crippen molar-refractivity contribution < 1.29 is 40.2 Å². The van der Waals surface area contributed by atoms with Crippen LogP contribution < -0.4 is 0 Å². The molecule has 1 amide bonds. The Labute approximate surface area is 127 Å². The van der Waals surface area contributed by atoms with Gasteiger partial charge in [0.05, 0.1) is 12.0 Å². The van der Waals surface area contributed by atoms with Crippen molar-refractivity contribution in [1.82, 2.24) is 9.96 Å². The molecular weight excluding hydrogens is 300 g/mol. The summed E-state index contributed by atoms with van der Waals surface area (Å²) in [5.74, 6) is -1.68. The largest absolute Gasteiger partial charge is 0.388 e. The highest BCUT2D eigenvalue weighted by Crippen LogP contribution is 2.31. The molecule has 0 bridgehead atoms. The molecule has 0 aromatic heterocycles. The first-order valence-corrected chi connectivity index (χ1v) is 7.02. The molecule has 128 valence electrons. The van der Waals surface area contributed by atoms with E-state index in [1.54, 1.807) is 0 Å². The van der Waals surface area contributed by atoms with E-state index in [-0.39, 0.29) is 26.2 Å². The second-order valence-electron chi connectivity index (χ2n) is 5.55. The van der Waals surface area contributed by atoms with Gasteiger partial charge in [0, 0.05) is 33.3 Å². The fraction of sp³-hybridized carbons (Fsp3) is 0.917. The third kappa shape index (κ3) is 3.09. The smallest absolute Gasteiger partial charge is 0.231 e. The van der Waals surface area contributed by atoms with Crippen LogP contribution in [0.4, 0.5) is 0 Å². The van der Waals surface area contributed by atoms with Gasteiger partial charge in [-0.1, -0.05) is 0 Å². The molecular formula is C12H22N2O8. The zero-order valence-electron chi connectivity index (χ0n) is 12.1. The van der Waals surface area contributed by atoms with Gasteiger partial charge in [-0.15, -0.1) is 0 Å². The first-order valence-electron chi connectivity index (χ1n) is 7.02. The minimum Gasteiger partial charge on any atom is -0.388 e. The molecule has 6 atom stereocenters. The van der Waals surface area contributed by atoms with E-state index < -0.39 is 42.3 Å². The van der Waals surface area contributed by atoms with E-state index in [0.717, 1.165) is 5.06 Å². The predicted octanol–water partition coefficient (Wildman–Crippen LogP) is -2.89. The summed E-state index contributed by atoms with van der Waals surface area (Å²) >= 11 is 0. The zero-order valence-corrected chi connectivity index (χ0v) is 12.1. The van der Waals surface area contributed by atoms with Gasteiger partial charge in [-0.05, 0) is 0 Å². The Morgan fingerprint density at radius 1 is 1.00 bits per heavy atom. The molecule has 10 nitrogen and oxygen atoms in total. The van der Waals surface area contributed by atoms with Crippen LogP contribution >= 0.6 is 0 Å². The summed E-state index contributed by atoms with van der Waals surface area (Å²) in [5.41, 5.74) is 0. The number of piperazine rings is 1. The maximum absolute atomic E-state index is 12.6. The molecule has 1 saturated heterocycles. The van der Waals surface area contributed by atoms with Gasteiger partial charge in [-0.3, -0.25) is 10.1 Å². The number of amides is 1. The predicted molar refractivity (Wildman–Crippen MR) is 69.7 cm³/mol. The summed E-state index contributed by atoms with van der Waals surface area (Å²) in [6, 6.07) is 0. The van der Waals surface area contributed by atoms with Crippen LogP contribution in [0.2, 0.25) is 0 Å². The number of aliphatic hydroxyl groups is 3. The Balaban J connectivity index is 2.21. The van der Waals surface area contributed by atoms with Crippen LogP contribution in [-0.4, -0.2) is 105 Å². The van der Waals surface area contributed by atoms with Gasteiger partial charge < -0.3 is 30.2 Å². The highest BCUT2D eigenvalue weighted by molar-refractivity contribution is 5.80. The molecule has 0 radical (unpaired) electrons. The standard InChI is InChI=1S/C12H22N2O8/c1-21-10-6(11(22-20)9(17)7(15)8(10)16)12(18)13-2-4-14(19)5-3-13/h6-11,15-17,19-20H,2-5H2,1H3. The Hall–Kier alpha value is -0.850. The van der Waals surface area contributed by atoms with Gasteiger partial charge >= 0.3 is 0 Å². The van der Waals surface area contributed by atoms with Crippen molar-refractivity contribution in [1.29, 1.82) is 0 Å². The van der Waals surface area contributed by atoms with E-state index in [2.05, 4.69) is 4.89 Å². The summed E-state index contributed by atoms with van der Waals surface area (Å²) in [7, 11) is 1.25. The van der Waals surface area contributed by atoms with Crippen LogP contribution in [0.15, 0.2) is 0 Å². The third-order valence-electron chi connectivity index (χ3n) is 4.33. The number of rotatable bonds is 3. The van der Waals surface area contributed by atoms with Crippen molar-refractivity contribution >= 4 is 5.91 Å². The molecule has 1 aliphatic heterocycles. The summed E-state index contributed by atoms with van der Waals surface area (Å²) in [5, 5.41) is 49.1. The Morgan fingerprint density at radius 2 is 1.55 bits per heavy atom. The van der Waals surface area contributed by atoms with Gasteiger partial charge in [-0.2, -0.15) is 5.06 Å². The SMILES string of the molecule is COC1C(O)C(O)C(O)C(OO)C1C(=O)N1CCN(O)CC1. The van der Waals surface area contributed by atoms with Crippen molar-refractivity contribution in [2.24, 2.45) is 5.92 Å². The van der Waals surface area contributed by atoms with E-state index in [9.17, 15) is 25.3 Å². The number of carbonyl (C=O) groups is 1. The molecule has 1 saturated carbocycles. The van der Waals surface area contributed by atoms with Crippen LogP contribution in [-0.2, 0) is 14.4 Å². The summed E-state index contributed by atoms with van der Waals surface area (Å²) in [6.45, 7) is 1.01.